The number of rotatable bonds is 3. The summed E-state index contributed by atoms with van der Waals surface area (Å²) in [4.78, 5) is 10.5. The van der Waals surface area contributed by atoms with Gasteiger partial charge >= 0.3 is 5.97 Å². The lowest BCUT2D eigenvalue weighted by atomic mass is 10.1. The van der Waals surface area contributed by atoms with Gasteiger partial charge in [0.25, 0.3) is 0 Å². The van der Waals surface area contributed by atoms with Gasteiger partial charge in [0.2, 0.25) is 0 Å². The smallest absolute Gasteiger partial charge is 0.316 e. The minimum absolute atomic E-state index is 0.388. The lowest BCUT2D eigenvalue weighted by molar-refractivity contribution is -0.136. The molecule has 70 valence electrons. The Morgan fingerprint density at radius 2 is 2.31 bits per heavy atom. The van der Waals surface area contributed by atoms with Gasteiger partial charge in [-0.25, -0.2) is 0 Å². The van der Waals surface area contributed by atoms with Gasteiger partial charge in [-0.05, 0) is 24.1 Å². The average Bonchev–Trinajstić information content (AvgIpc) is 2.04. The molecule has 0 spiro atoms. The summed E-state index contributed by atoms with van der Waals surface area (Å²) in [7, 11) is 0. The lowest BCUT2D eigenvalue weighted by Gasteiger charge is -2.05. The number of hydrogen-bond acceptors (Lipinski definition) is 2. The van der Waals surface area contributed by atoms with Crippen molar-refractivity contribution in [2.45, 2.75) is 11.7 Å². The quantitative estimate of drug-likeness (QED) is 0.761. The van der Waals surface area contributed by atoms with Crippen LogP contribution >= 0.6 is 24.2 Å². The van der Waals surface area contributed by atoms with Gasteiger partial charge in [0, 0.05) is 5.02 Å². The van der Waals surface area contributed by atoms with E-state index in [-0.39, 0.29) is 0 Å². The maximum absolute atomic E-state index is 10.5. The first kappa shape index (κ1) is 10.4. The lowest BCUT2D eigenvalue weighted by Crippen LogP contribution is -2.15. The Morgan fingerprint density at radius 1 is 1.62 bits per heavy atom. The van der Waals surface area contributed by atoms with Crippen molar-refractivity contribution in [2.24, 2.45) is 0 Å². The number of hydrogen-bond donors (Lipinski definition) is 2. The molecule has 1 aromatic rings. The summed E-state index contributed by atoms with van der Waals surface area (Å²) in [6, 6.07) is 7.12. The molecule has 0 radical (unpaired) electrons. The fraction of sp³-hybridized carbons (Fsp3) is 0.222. The third-order valence-electron chi connectivity index (χ3n) is 1.60. The molecule has 2 nitrogen and oxygen atoms in total. The zero-order valence-electron chi connectivity index (χ0n) is 6.77. The van der Waals surface area contributed by atoms with E-state index in [1.54, 1.807) is 18.2 Å². The summed E-state index contributed by atoms with van der Waals surface area (Å²) >= 11 is 9.66. The molecule has 0 aliphatic heterocycles. The Bertz CT molecular complexity index is 314. The van der Waals surface area contributed by atoms with E-state index in [4.69, 9.17) is 16.7 Å². The average molecular weight is 217 g/mol. The molecule has 0 aromatic heterocycles. The van der Waals surface area contributed by atoms with E-state index in [9.17, 15) is 4.79 Å². The van der Waals surface area contributed by atoms with Gasteiger partial charge in [0.05, 0.1) is 0 Å². The first-order valence-electron chi connectivity index (χ1n) is 3.75. The molecule has 0 saturated heterocycles. The molecule has 0 aliphatic carbocycles. The summed E-state index contributed by atoms with van der Waals surface area (Å²) in [5.74, 6) is -0.914. The van der Waals surface area contributed by atoms with Crippen LogP contribution in [0, 0.1) is 0 Å². The van der Waals surface area contributed by atoms with Crippen LogP contribution in [-0.2, 0) is 11.2 Å². The van der Waals surface area contributed by atoms with Crippen molar-refractivity contribution in [3.8, 4) is 0 Å². The number of carboxylic acid groups (broad SMARTS) is 1. The molecule has 0 saturated carbocycles. The van der Waals surface area contributed by atoms with Crippen LogP contribution in [0.5, 0.6) is 0 Å². The van der Waals surface area contributed by atoms with Crippen LogP contribution < -0.4 is 0 Å². The van der Waals surface area contributed by atoms with Crippen molar-refractivity contribution < 1.29 is 9.90 Å². The van der Waals surface area contributed by atoms with Crippen LogP contribution in [0.25, 0.3) is 0 Å². The molecule has 0 bridgehead atoms. The first-order valence-corrected chi connectivity index (χ1v) is 4.64. The maximum Gasteiger partial charge on any atom is 0.316 e. The maximum atomic E-state index is 10.5. The van der Waals surface area contributed by atoms with Crippen molar-refractivity contribution in [1.29, 1.82) is 0 Å². The second-order valence-corrected chi connectivity index (χ2v) is 3.75. The Balaban J connectivity index is 2.69. The fourth-order valence-corrected chi connectivity index (χ4v) is 1.40. The number of benzene rings is 1. The van der Waals surface area contributed by atoms with Crippen LogP contribution in [0.1, 0.15) is 5.56 Å². The molecule has 1 rings (SSSR count). The van der Waals surface area contributed by atoms with Gasteiger partial charge in [0.15, 0.2) is 0 Å². The normalized spacial score (nSPS) is 12.5. The van der Waals surface area contributed by atoms with E-state index in [0.29, 0.717) is 11.4 Å². The highest BCUT2D eigenvalue weighted by atomic mass is 35.5. The van der Waals surface area contributed by atoms with Gasteiger partial charge < -0.3 is 5.11 Å². The molecule has 1 aromatic carbocycles. The zero-order valence-corrected chi connectivity index (χ0v) is 8.42. The van der Waals surface area contributed by atoms with Gasteiger partial charge in [-0.1, -0.05) is 23.7 Å². The van der Waals surface area contributed by atoms with Crippen molar-refractivity contribution in [3.63, 3.8) is 0 Å². The van der Waals surface area contributed by atoms with Crippen molar-refractivity contribution in [3.05, 3.63) is 34.9 Å². The molecule has 0 amide bonds. The summed E-state index contributed by atoms with van der Waals surface area (Å²) in [6.45, 7) is 0. The Hall–Kier alpha value is -0.670. The van der Waals surface area contributed by atoms with E-state index in [1.807, 2.05) is 6.07 Å². The molecule has 0 fully saturated rings. The third kappa shape index (κ3) is 3.28. The largest absolute Gasteiger partial charge is 0.480 e. The molecule has 1 atom stereocenters. The number of thiol groups is 1. The minimum atomic E-state index is -0.914. The van der Waals surface area contributed by atoms with E-state index >= 15 is 0 Å². The second-order valence-electron chi connectivity index (χ2n) is 2.69. The van der Waals surface area contributed by atoms with Crippen molar-refractivity contribution in [2.75, 3.05) is 0 Å². The monoisotopic (exact) mass is 216 g/mol. The Labute approximate surface area is 86.9 Å². The van der Waals surface area contributed by atoms with E-state index < -0.39 is 11.2 Å². The minimum Gasteiger partial charge on any atom is -0.480 e. The first-order chi connectivity index (χ1) is 6.09. The van der Waals surface area contributed by atoms with Crippen molar-refractivity contribution >= 4 is 30.2 Å². The number of carboxylic acids is 1. The zero-order chi connectivity index (χ0) is 9.84. The third-order valence-corrected chi connectivity index (χ3v) is 2.24. The summed E-state index contributed by atoms with van der Waals surface area (Å²) in [5.41, 5.74) is 0.884. The van der Waals surface area contributed by atoms with Crippen molar-refractivity contribution in [1.82, 2.24) is 0 Å². The predicted octanol–water partition coefficient (Wildman–Crippen LogP) is 2.27. The van der Waals surface area contributed by atoms with Gasteiger partial charge in [0.1, 0.15) is 5.25 Å². The molecular formula is C9H9ClO2S. The number of halogens is 1. The molecule has 1 unspecified atom stereocenters. The van der Waals surface area contributed by atoms with E-state index in [2.05, 4.69) is 12.6 Å². The van der Waals surface area contributed by atoms with E-state index in [0.717, 1.165) is 5.56 Å². The van der Waals surface area contributed by atoms with Crippen LogP contribution in [0.2, 0.25) is 5.02 Å². The SMILES string of the molecule is O=C(O)C(S)Cc1cccc(Cl)c1. The molecule has 4 heteroatoms. The highest BCUT2D eigenvalue weighted by molar-refractivity contribution is 7.81. The van der Waals surface area contributed by atoms with Crippen LogP contribution in [0.3, 0.4) is 0 Å². The summed E-state index contributed by atoms with van der Waals surface area (Å²) in [6.07, 6.45) is 0.388. The molecule has 1 N–H and O–H groups in total. The highest BCUT2D eigenvalue weighted by Gasteiger charge is 2.12. The fourth-order valence-electron chi connectivity index (χ4n) is 0.975. The highest BCUT2D eigenvalue weighted by Crippen LogP contribution is 2.14. The molecular weight excluding hydrogens is 208 g/mol. The predicted molar refractivity (Wildman–Crippen MR) is 55.6 cm³/mol. The Kier molecular flexibility index (Phi) is 3.63. The summed E-state index contributed by atoms with van der Waals surface area (Å²) < 4.78 is 0. The Morgan fingerprint density at radius 3 is 2.85 bits per heavy atom. The number of aliphatic carboxylic acids is 1. The van der Waals surface area contributed by atoms with Gasteiger partial charge in [-0.2, -0.15) is 12.6 Å². The van der Waals surface area contributed by atoms with E-state index in [1.165, 1.54) is 0 Å². The van der Waals surface area contributed by atoms with Gasteiger partial charge in [-0.3, -0.25) is 4.79 Å². The van der Waals surface area contributed by atoms with Crippen LogP contribution in [-0.4, -0.2) is 16.3 Å². The molecule has 0 heterocycles. The summed E-state index contributed by atoms with van der Waals surface area (Å²) in [5, 5.41) is 8.55. The molecule has 13 heavy (non-hydrogen) atoms. The van der Waals surface area contributed by atoms with Crippen LogP contribution in [0.15, 0.2) is 24.3 Å². The van der Waals surface area contributed by atoms with Gasteiger partial charge in [-0.15, -0.1) is 0 Å². The second kappa shape index (κ2) is 4.53. The molecule has 0 aliphatic rings. The standard InChI is InChI=1S/C9H9ClO2S/c10-7-3-1-2-6(4-7)5-8(13)9(11)12/h1-4,8,13H,5H2,(H,11,12). The topological polar surface area (TPSA) is 37.3 Å². The van der Waals surface area contributed by atoms with Crippen LogP contribution in [0.4, 0.5) is 0 Å². The number of carbonyl (C=O) groups is 1.